The van der Waals surface area contributed by atoms with E-state index >= 15 is 0 Å². The zero-order valence-electron chi connectivity index (χ0n) is 7.53. The summed E-state index contributed by atoms with van der Waals surface area (Å²) in [6.45, 7) is 0.252. The van der Waals surface area contributed by atoms with Crippen LogP contribution in [0.3, 0.4) is 0 Å². The first-order valence-electron chi connectivity index (χ1n) is 4.08. The molecule has 0 atom stereocenters. The van der Waals surface area contributed by atoms with E-state index in [-0.39, 0.29) is 19.1 Å². The number of carbonyl (C=O) groups excluding carboxylic acids is 1. The molecule has 0 saturated heterocycles. The number of aryl methyl sites for hydroxylation is 1. The highest BCUT2D eigenvalue weighted by atomic mass is 16.3. The highest BCUT2D eigenvalue weighted by Crippen LogP contribution is 1.92. The van der Waals surface area contributed by atoms with E-state index in [1.165, 1.54) is 0 Å². The van der Waals surface area contributed by atoms with Crippen LogP contribution >= 0.6 is 0 Å². The summed E-state index contributed by atoms with van der Waals surface area (Å²) in [5, 5.41) is 11.1. The minimum atomic E-state index is -0.162. The molecule has 4 heteroatoms. The van der Waals surface area contributed by atoms with Crippen LogP contribution in [-0.2, 0) is 7.05 Å². The highest BCUT2D eigenvalue weighted by molar-refractivity contribution is 5.93. The molecule has 0 saturated carbocycles. The van der Waals surface area contributed by atoms with Crippen molar-refractivity contribution >= 4 is 5.91 Å². The second kappa shape index (κ2) is 4.57. The van der Waals surface area contributed by atoms with E-state index < -0.39 is 0 Å². The van der Waals surface area contributed by atoms with Crippen molar-refractivity contribution in [2.75, 3.05) is 13.2 Å². The number of nitrogens with one attached hydrogen (secondary N) is 1. The van der Waals surface area contributed by atoms with E-state index in [0.717, 1.165) is 0 Å². The molecule has 0 aliphatic heterocycles. The van der Waals surface area contributed by atoms with E-state index in [1.807, 2.05) is 13.2 Å². The minimum Gasteiger partial charge on any atom is -0.395 e. The van der Waals surface area contributed by atoms with Crippen LogP contribution in [0.25, 0.3) is 0 Å². The standard InChI is InChI=1S/C9H12N2O2/c1-11-5-2-3-8(7-11)9(13)10-4-6-12/h2-3,5,7,12H,4,6H2,1H3/p+1. The lowest BCUT2D eigenvalue weighted by molar-refractivity contribution is -0.671. The number of rotatable bonds is 3. The number of hydrogen-bond donors (Lipinski definition) is 2. The smallest absolute Gasteiger partial charge is 0.257 e. The summed E-state index contributed by atoms with van der Waals surface area (Å²) < 4.78 is 1.80. The molecule has 4 nitrogen and oxygen atoms in total. The lowest BCUT2D eigenvalue weighted by Crippen LogP contribution is -2.32. The molecular formula is C9H13N2O2+. The zero-order chi connectivity index (χ0) is 9.68. The SMILES string of the molecule is C[n+]1cccc(C(=O)NCCO)c1. The second-order valence-corrected chi connectivity index (χ2v) is 2.74. The van der Waals surface area contributed by atoms with Gasteiger partial charge in [0.25, 0.3) is 5.91 Å². The fourth-order valence-corrected chi connectivity index (χ4v) is 0.994. The molecule has 0 fully saturated rings. The van der Waals surface area contributed by atoms with Gasteiger partial charge in [0.2, 0.25) is 0 Å². The third kappa shape index (κ3) is 2.83. The molecule has 13 heavy (non-hydrogen) atoms. The third-order valence-corrected chi connectivity index (χ3v) is 1.60. The van der Waals surface area contributed by atoms with Gasteiger partial charge in [-0.05, 0) is 6.07 Å². The summed E-state index contributed by atoms with van der Waals surface area (Å²) >= 11 is 0. The lowest BCUT2D eigenvalue weighted by atomic mass is 10.2. The first-order chi connectivity index (χ1) is 6.24. The monoisotopic (exact) mass is 181 g/mol. The van der Waals surface area contributed by atoms with Crippen molar-refractivity contribution in [1.82, 2.24) is 5.32 Å². The van der Waals surface area contributed by atoms with Gasteiger partial charge >= 0.3 is 0 Å². The largest absolute Gasteiger partial charge is 0.395 e. The fourth-order valence-electron chi connectivity index (χ4n) is 0.994. The Morgan fingerprint density at radius 2 is 2.46 bits per heavy atom. The van der Waals surface area contributed by atoms with Crippen LogP contribution in [0.4, 0.5) is 0 Å². The molecule has 2 N–H and O–H groups in total. The average Bonchev–Trinajstić information content (AvgIpc) is 2.14. The number of carbonyl (C=O) groups is 1. The van der Waals surface area contributed by atoms with Gasteiger partial charge in [-0.15, -0.1) is 0 Å². The van der Waals surface area contributed by atoms with Gasteiger partial charge in [0, 0.05) is 12.6 Å². The molecule has 1 amide bonds. The quantitative estimate of drug-likeness (QED) is 0.602. The van der Waals surface area contributed by atoms with E-state index in [0.29, 0.717) is 5.56 Å². The van der Waals surface area contributed by atoms with Crippen molar-refractivity contribution in [2.24, 2.45) is 7.05 Å². The first kappa shape index (κ1) is 9.67. The van der Waals surface area contributed by atoms with Crippen molar-refractivity contribution in [2.45, 2.75) is 0 Å². The van der Waals surface area contributed by atoms with E-state index in [1.54, 1.807) is 22.9 Å². The maximum Gasteiger partial charge on any atom is 0.257 e. The lowest BCUT2D eigenvalue weighted by Gasteiger charge is -2.00. The third-order valence-electron chi connectivity index (χ3n) is 1.60. The number of aromatic nitrogens is 1. The van der Waals surface area contributed by atoms with E-state index in [4.69, 9.17) is 5.11 Å². The molecule has 0 radical (unpaired) electrons. The summed E-state index contributed by atoms with van der Waals surface area (Å²) in [6.07, 6.45) is 3.58. The predicted molar refractivity (Wildman–Crippen MR) is 47.0 cm³/mol. The van der Waals surface area contributed by atoms with Gasteiger partial charge in [0.1, 0.15) is 12.6 Å². The molecule has 0 unspecified atom stereocenters. The maximum atomic E-state index is 11.3. The maximum absolute atomic E-state index is 11.3. The Morgan fingerprint density at radius 3 is 3.08 bits per heavy atom. The van der Waals surface area contributed by atoms with Crippen molar-refractivity contribution in [3.63, 3.8) is 0 Å². The average molecular weight is 181 g/mol. The number of aliphatic hydroxyl groups excluding tert-OH is 1. The summed E-state index contributed by atoms with van der Waals surface area (Å²) in [4.78, 5) is 11.3. The Kier molecular flexibility index (Phi) is 3.40. The van der Waals surface area contributed by atoms with Crippen LogP contribution in [0.5, 0.6) is 0 Å². The summed E-state index contributed by atoms with van der Waals surface area (Å²) in [5.74, 6) is -0.162. The Morgan fingerprint density at radius 1 is 1.69 bits per heavy atom. The normalized spacial score (nSPS) is 9.69. The molecule has 1 rings (SSSR count). The molecule has 0 aliphatic rings. The zero-order valence-corrected chi connectivity index (χ0v) is 7.53. The molecule has 0 bridgehead atoms. The number of amides is 1. The van der Waals surface area contributed by atoms with Crippen LogP contribution < -0.4 is 9.88 Å². The van der Waals surface area contributed by atoms with Crippen LogP contribution in [0.15, 0.2) is 24.5 Å². The number of hydrogen-bond acceptors (Lipinski definition) is 2. The van der Waals surface area contributed by atoms with Crippen molar-refractivity contribution in [3.05, 3.63) is 30.1 Å². The minimum absolute atomic E-state index is 0.0370. The summed E-state index contributed by atoms with van der Waals surface area (Å²) in [6, 6.07) is 3.53. The van der Waals surface area contributed by atoms with Gasteiger partial charge < -0.3 is 10.4 Å². The summed E-state index contributed by atoms with van der Waals surface area (Å²) in [5.41, 5.74) is 0.596. The van der Waals surface area contributed by atoms with Crippen LogP contribution in [0.1, 0.15) is 10.4 Å². The summed E-state index contributed by atoms with van der Waals surface area (Å²) in [7, 11) is 1.85. The van der Waals surface area contributed by atoms with Crippen LogP contribution in [0.2, 0.25) is 0 Å². The van der Waals surface area contributed by atoms with E-state index in [9.17, 15) is 4.79 Å². The van der Waals surface area contributed by atoms with Gasteiger partial charge in [-0.3, -0.25) is 4.79 Å². The number of aliphatic hydroxyl groups is 1. The van der Waals surface area contributed by atoms with Crippen molar-refractivity contribution < 1.29 is 14.5 Å². The number of nitrogens with zero attached hydrogens (tertiary/aromatic N) is 1. The second-order valence-electron chi connectivity index (χ2n) is 2.74. The molecule has 70 valence electrons. The van der Waals surface area contributed by atoms with E-state index in [2.05, 4.69) is 5.32 Å². The van der Waals surface area contributed by atoms with Crippen molar-refractivity contribution in [1.29, 1.82) is 0 Å². The van der Waals surface area contributed by atoms with Gasteiger partial charge in [-0.25, -0.2) is 4.57 Å². The Balaban J connectivity index is 2.66. The van der Waals surface area contributed by atoms with Crippen LogP contribution in [-0.4, -0.2) is 24.2 Å². The molecule has 0 spiro atoms. The molecule has 0 aliphatic carbocycles. The van der Waals surface area contributed by atoms with Crippen molar-refractivity contribution in [3.8, 4) is 0 Å². The molecule has 1 aromatic rings. The topological polar surface area (TPSA) is 53.2 Å². The Bertz CT molecular complexity index is 299. The van der Waals surface area contributed by atoms with Gasteiger partial charge in [0.05, 0.1) is 6.61 Å². The van der Waals surface area contributed by atoms with Gasteiger partial charge in [0.15, 0.2) is 12.4 Å². The predicted octanol–water partition coefficient (Wildman–Crippen LogP) is -0.767. The first-order valence-corrected chi connectivity index (χ1v) is 4.08. The molecule has 1 aromatic heterocycles. The highest BCUT2D eigenvalue weighted by Gasteiger charge is 2.06. The van der Waals surface area contributed by atoms with Gasteiger partial charge in [-0.1, -0.05) is 0 Å². The van der Waals surface area contributed by atoms with Gasteiger partial charge in [-0.2, -0.15) is 0 Å². The van der Waals surface area contributed by atoms with Crippen LogP contribution in [0, 0.1) is 0 Å². The Labute approximate surface area is 76.8 Å². The number of pyridine rings is 1. The fraction of sp³-hybridized carbons (Fsp3) is 0.333. The molecule has 0 aromatic carbocycles. The molecule has 1 heterocycles. The Hall–Kier alpha value is -1.42. The molecular weight excluding hydrogens is 168 g/mol.